The lowest BCUT2D eigenvalue weighted by Gasteiger charge is -2.15. The van der Waals surface area contributed by atoms with Crippen LogP contribution in [0, 0.1) is 6.92 Å². The molecule has 0 atom stereocenters. The van der Waals surface area contributed by atoms with Crippen LogP contribution in [0.5, 0.6) is 0 Å². The number of pyridine rings is 1. The molecule has 0 unspecified atom stereocenters. The first-order chi connectivity index (χ1) is 6.75. The van der Waals surface area contributed by atoms with Crippen molar-refractivity contribution >= 4 is 15.9 Å². The minimum atomic E-state index is -4.80. The van der Waals surface area contributed by atoms with Crippen molar-refractivity contribution in [3.05, 3.63) is 27.5 Å². The second-order valence-corrected chi connectivity index (χ2v) is 3.55. The van der Waals surface area contributed by atoms with Gasteiger partial charge in [-0.2, -0.15) is 13.2 Å². The minimum absolute atomic E-state index is 0.0841. The topological polar surface area (TPSA) is 12.9 Å². The fraction of sp³-hybridized carbons (Fsp3) is 0.375. The van der Waals surface area contributed by atoms with Crippen LogP contribution in [0.2, 0.25) is 0 Å². The lowest BCUT2D eigenvalue weighted by Crippen LogP contribution is -2.13. The number of alkyl halides is 5. The van der Waals surface area contributed by atoms with E-state index >= 15 is 0 Å². The molecule has 84 valence electrons. The predicted molar refractivity (Wildman–Crippen MR) is 46.6 cm³/mol. The van der Waals surface area contributed by atoms with Gasteiger partial charge in [0.1, 0.15) is 4.60 Å². The minimum Gasteiger partial charge on any atom is -0.249 e. The summed E-state index contributed by atoms with van der Waals surface area (Å²) in [6.45, 7) is 1.09. The third kappa shape index (κ3) is 2.45. The van der Waals surface area contributed by atoms with Gasteiger partial charge in [0.25, 0.3) is 6.43 Å². The van der Waals surface area contributed by atoms with Crippen LogP contribution in [-0.4, -0.2) is 4.98 Å². The molecule has 0 spiro atoms. The quantitative estimate of drug-likeness (QED) is 0.560. The van der Waals surface area contributed by atoms with Crippen LogP contribution in [0.1, 0.15) is 23.1 Å². The van der Waals surface area contributed by atoms with Crippen molar-refractivity contribution in [1.29, 1.82) is 0 Å². The molecule has 0 radical (unpaired) electrons. The van der Waals surface area contributed by atoms with E-state index in [9.17, 15) is 22.0 Å². The molecule has 0 fully saturated rings. The average Bonchev–Trinajstić information content (AvgIpc) is 2.06. The van der Waals surface area contributed by atoms with Crippen molar-refractivity contribution in [3.8, 4) is 0 Å². The Hall–Kier alpha value is -0.720. The zero-order valence-electron chi connectivity index (χ0n) is 7.37. The first-order valence-corrected chi connectivity index (χ1v) is 4.54. The molecule has 0 aliphatic carbocycles. The van der Waals surface area contributed by atoms with Gasteiger partial charge in [-0.05, 0) is 28.4 Å². The fourth-order valence-corrected chi connectivity index (χ4v) is 1.45. The normalized spacial score (nSPS) is 12.3. The molecule has 1 heterocycles. The Morgan fingerprint density at radius 1 is 1.33 bits per heavy atom. The fourth-order valence-electron chi connectivity index (χ4n) is 1.15. The summed E-state index contributed by atoms with van der Waals surface area (Å²) in [5.41, 5.74) is -2.75. The standard InChI is InChI=1S/C8H5BrF5N/c1-3-5(8(12,13)14)4(7(10)11)2-15-6(3)9/h2,7H,1H3. The van der Waals surface area contributed by atoms with Gasteiger partial charge in [0.15, 0.2) is 0 Å². The van der Waals surface area contributed by atoms with Gasteiger partial charge in [0, 0.05) is 11.8 Å². The van der Waals surface area contributed by atoms with Crippen molar-refractivity contribution < 1.29 is 22.0 Å². The van der Waals surface area contributed by atoms with Gasteiger partial charge in [-0.1, -0.05) is 0 Å². The highest BCUT2D eigenvalue weighted by Gasteiger charge is 2.38. The van der Waals surface area contributed by atoms with E-state index in [1.165, 1.54) is 0 Å². The van der Waals surface area contributed by atoms with Crippen LogP contribution in [0.25, 0.3) is 0 Å². The lowest BCUT2D eigenvalue weighted by molar-refractivity contribution is -0.140. The largest absolute Gasteiger partial charge is 0.417 e. The van der Waals surface area contributed by atoms with Gasteiger partial charge in [0.05, 0.1) is 5.56 Å². The molecule has 1 nitrogen and oxygen atoms in total. The molecule has 0 amide bonds. The molecule has 1 aromatic rings. The van der Waals surface area contributed by atoms with Gasteiger partial charge < -0.3 is 0 Å². The Balaban J connectivity index is 3.49. The average molecular weight is 290 g/mol. The van der Waals surface area contributed by atoms with Gasteiger partial charge in [-0.25, -0.2) is 13.8 Å². The highest BCUT2D eigenvalue weighted by Crippen LogP contribution is 2.39. The van der Waals surface area contributed by atoms with Crippen LogP contribution in [0.15, 0.2) is 10.8 Å². The third-order valence-corrected chi connectivity index (χ3v) is 2.61. The van der Waals surface area contributed by atoms with E-state index < -0.39 is 23.7 Å². The Labute approximate surface area is 90.4 Å². The number of aromatic nitrogens is 1. The molecule has 15 heavy (non-hydrogen) atoms. The van der Waals surface area contributed by atoms with Crippen LogP contribution in [0.3, 0.4) is 0 Å². The van der Waals surface area contributed by atoms with Crippen LogP contribution < -0.4 is 0 Å². The lowest BCUT2D eigenvalue weighted by atomic mass is 10.1. The summed E-state index contributed by atoms with van der Waals surface area (Å²) in [4.78, 5) is 3.41. The number of rotatable bonds is 1. The van der Waals surface area contributed by atoms with Crippen LogP contribution >= 0.6 is 15.9 Å². The molecule has 0 bridgehead atoms. The molecule has 0 aliphatic heterocycles. The van der Waals surface area contributed by atoms with Crippen LogP contribution in [0.4, 0.5) is 22.0 Å². The Morgan fingerprint density at radius 3 is 2.27 bits per heavy atom. The van der Waals surface area contributed by atoms with Crippen molar-refractivity contribution in [2.45, 2.75) is 19.5 Å². The highest BCUT2D eigenvalue weighted by atomic mass is 79.9. The first kappa shape index (κ1) is 12.4. The summed E-state index contributed by atoms with van der Waals surface area (Å²) < 4.78 is 61.9. The van der Waals surface area contributed by atoms with E-state index in [1.54, 1.807) is 0 Å². The zero-order chi connectivity index (χ0) is 11.8. The van der Waals surface area contributed by atoms with Gasteiger partial charge in [-0.3, -0.25) is 0 Å². The maximum absolute atomic E-state index is 12.5. The maximum atomic E-state index is 12.5. The van der Waals surface area contributed by atoms with Crippen molar-refractivity contribution in [2.24, 2.45) is 0 Å². The van der Waals surface area contributed by atoms with E-state index in [-0.39, 0.29) is 10.2 Å². The Kier molecular flexibility index (Phi) is 3.32. The van der Waals surface area contributed by atoms with Crippen molar-refractivity contribution in [3.63, 3.8) is 0 Å². The molecule has 1 aromatic heterocycles. The molecule has 7 heteroatoms. The van der Waals surface area contributed by atoms with Gasteiger partial charge in [-0.15, -0.1) is 0 Å². The SMILES string of the molecule is Cc1c(Br)ncc(C(F)F)c1C(F)(F)F. The third-order valence-electron chi connectivity index (χ3n) is 1.81. The number of hydrogen-bond acceptors (Lipinski definition) is 1. The molecule has 0 saturated carbocycles. The number of hydrogen-bond donors (Lipinski definition) is 0. The molecular formula is C8H5BrF5N. The summed E-state index contributed by atoms with van der Waals surface area (Å²) in [7, 11) is 0. The summed E-state index contributed by atoms with van der Waals surface area (Å²) in [6.07, 6.45) is -7.47. The summed E-state index contributed by atoms with van der Waals surface area (Å²) >= 11 is 2.77. The van der Waals surface area contributed by atoms with Gasteiger partial charge >= 0.3 is 6.18 Å². The second-order valence-electron chi connectivity index (χ2n) is 2.80. The first-order valence-electron chi connectivity index (χ1n) is 3.75. The van der Waals surface area contributed by atoms with E-state index in [0.29, 0.717) is 6.20 Å². The monoisotopic (exact) mass is 289 g/mol. The smallest absolute Gasteiger partial charge is 0.249 e. The molecule has 0 N–H and O–H groups in total. The molecule has 0 saturated heterocycles. The summed E-state index contributed by atoms with van der Waals surface area (Å²) in [5, 5.41) is 0. The predicted octanol–water partition coefficient (Wildman–Crippen LogP) is 4.11. The van der Waals surface area contributed by atoms with E-state index in [2.05, 4.69) is 20.9 Å². The second kappa shape index (κ2) is 4.03. The van der Waals surface area contributed by atoms with Crippen molar-refractivity contribution in [1.82, 2.24) is 4.98 Å². The highest BCUT2D eigenvalue weighted by molar-refractivity contribution is 9.10. The van der Waals surface area contributed by atoms with Crippen molar-refractivity contribution in [2.75, 3.05) is 0 Å². The summed E-state index contributed by atoms with van der Waals surface area (Å²) in [5.74, 6) is 0. The zero-order valence-corrected chi connectivity index (χ0v) is 8.96. The molecular weight excluding hydrogens is 285 g/mol. The number of halogens is 6. The Bertz CT molecular complexity index is 374. The maximum Gasteiger partial charge on any atom is 0.417 e. The van der Waals surface area contributed by atoms with E-state index in [4.69, 9.17) is 0 Å². The van der Waals surface area contributed by atoms with E-state index in [1.807, 2.05) is 0 Å². The molecule has 1 rings (SSSR count). The Morgan fingerprint density at radius 2 is 1.87 bits per heavy atom. The molecule has 0 aliphatic rings. The number of nitrogens with zero attached hydrogens (tertiary/aromatic N) is 1. The summed E-state index contributed by atoms with van der Waals surface area (Å²) in [6, 6.07) is 0. The van der Waals surface area contributed by atoms with Gasteiger partial charge in [0.2, 0.25) is 0 Å². The van der Waals surface area contributed by atoms with E-state index in [0.717, 1.165) is 6.92 Å². The van der Waals surface area contributed by atoms with Crippen LogP contribution in [-0.2, 0) is 6.18 Å². The molecule has 0 aromatic carbocycles.